The number of hydrogen-bond donors (Lipinski definition) is 2. The molecule has 0 atom stereocenters. The van der Waals surface area contributed by atoms with E-state index in [-0.39, 0.29) is 18.5 Å². The maximum atomic E-state index is 12.9. The van der Waals surface area contributed by atoms with E-state index in [1.807, 2.05) is 48.5 Å². The van der Waals surface area contributed by atoms with Crippen LogP contribution in [0.15, 0.2) is 53.7 Å². The number of carbonyl (C=O) groups is 1. The number of likely N-dealkylation sites (tertiary alicyclic amines) is 1. The highest BCUT2D eigenvalue weighted by Crippen LogP contribution is 2.25. The van der Waals surface area contributed by atoms with Crippen molar-refractivity contribution < 1.29 is 13.6 Å². The summed E-state index contributed by atoms with van der Waals surface area (Å²) in [6.07, 6.45) is -0.935. The van der Waals surface area contributed by atoms with Crippen LogP contribution in [0.1, 0.15) is 28.8 Å². The molecule has 1 amide bonds. The first-order valence-corrected chi connectivity index (χ1v) is 11.0. The van der Waals surface area contributed by atoms with E-state index in [0.717, 1.165) is 21.8 Å². The summed E-state index contributed by atoms with van der Waals surface area (Å²) in [5, 5.41) is 3.90. The van der Waals surface area contributed by atoms with Gasteiger partial charge in [-0.25, -0.2) is 13.8 Å². The first-order chi connectivity index (χ1) is 14.6. The first-order valence-electron chi connectivity index (χ1n) is 10.1. The van der Waals surface area contributed by atoms with Gasteiger partial charge in [0.25, 0.3) is 12.3 Å². The van der Waals surface area contributed by atoms with Gasteiger partial charge in [0.15, 0.2) is 5.16 Å². The third kappa shape index (κ3) is 5.17. The average molecular weight is 431 g/mol. The van der Waals surface area contributed by atoms with Crippen LogP contribution in [0.3, 0.4) is 0 Å². The lowest BCUT2D eigenvalue weighted by Gasteiger charge is -2.32. The summed E-state index contributed by atoms with van der Waals surface area (Å²) in [6, 6.07) is 15.4. The topological polar surface area (TPSA) is 61.0 Å². The molecule has 0 radical (unpaired) electrons. The summed E-state index contributed by atoms with van der Waals surface area (Å²) in [5.74, 6) is 0.513. The second-order valence-electron chi connectivity index (χ2n) is 7.44. The summed E-state index contributed by atoms with van der Waals surface area (Å²) in [7, 11) is 0. The number of piperidine rings is 1. The maximum Gasteiger partial charge on any atom is 0.251 e. The van der Waals surface area contributed by atoms with Gasteiger partial charge < -0.3 is 10.3 Å². The van der Waals surface area contributed by atoms with E-state index < -0.39 is 6.43 Å². The van der Waals surface area contributed by atoms with Gasteiger partial charge >= 0.3 is 0 Å². The van der Waals surface area contributed by atoms with Crippen molar-refractivity contribution in [1.29, 1.82) is 0 Å². The SMILES string of the molecule is O=C(NC1CCN(CC(F)F)CC1)c1ccccc1CSc1nc2ccccc2[nH]1. The lowest BCUT2D eigenvalue weighted by atomic mass is 10.0. The van der Waals surface area contributed by atoms with Crippen molar-refractivity contribution in [2.45, 2.75) is 36.2 Å². The fourth-order valence-electron chi connectivity index (χ4n) is 3.73. The van der Waals surface area contributed by atoms with Crippen LogP contribution < -0.4 is 5.32 Å². The maximum absolute atomic E-state index is 12.9. The van der Waals surface area contributed by atoms with E-state index in [1.54, 1.807) is 16.7 Å². The van der Waals surface area contributed by atoms with Crippen LogP contribution in [0.2, 0.25) is 0 Å². The lowest BCUT2D eigenvalue weighted by Crippen LogP contribution is -2.45. The highest BCUT2D eigenvalue weighted by Gasteiger charge is 2.23. The van der Waals surface area contributed by atoms with Crippen LogP contribution in [0.4, 0.5) is 8.78 Å². The summed E-state index contributed by atoms with van der Waals surface area (Å²) < 4.78 is 25.1. The number of benzene rings is 2. The molecule has 1 saturated heterocycles. The largest absolute Gasteiger partial charge is 0.349 e. The summed E-state index contributed by atoms with van der Waals surface area (Å²) in [4.78, 5) is 22.5. The number of nitrogens with zero attached hydrogens (tertiary/aromatic N) is 2. The molecule has 0 unspecified atom stereocenters. The normalized spacial score (nSPS) is 15.7. The smallest absolute Gasteiger partial charge is 0.251 e. The summed E-state index contributed by atoms with van der Waals surface area (Å²) in [6.45, 7) is 0.972. The molecule has 2 heterocycles. The number of hydrogen-bond acceptors (Lipinski definition) is 4. The molecule has 2 N–H and O–H groups in total. The number of fused-ring (bicyclic) bond motifs is 1. The van der Waals surface area contributed by atoms with Gasteiger partial charge in [-0.3, -0.25) is 9.69 Å². The number of halogens is 2. The highest BCUT2D eigenvalue weighted by atomic mass is 32.2. The van der Waals surface area contributed by atoms with Gasteiger partial charge in [0.1, 0.15) is 0 Å². The molecule has 3 aromatic rings. The fourth-order valence-corrected chi connectivity index (χ4v) is 4.62. The molecule has 158 valence electrons. The molecule has 1 aromatic heterocycles. The summed E-state index contributed by atoms with van der Waals surface area (Å²) >= 11 is 1.56. The molecular formula is C22H24F2N4OS. The quantitative estimate of drug-likeness (QED) is 0.548. The minimum absolute atomic E-state index is 0.0162. The standard InChI is InChI=1S/C22H24F2N4OS/c23-20(24)13-28-11-9-16(10-12-28)25-21(29)17-6-2-1-5-15(17)14-30-22-26-18-7-3-4-8-19(18)27-22/h1-8,16,20H,9-14H2,(H,25,29)(H,26,27). The Bertz CT molecular complexity index is 968. The number of aromatic nitrogens is 2. The zero-order chi connectivity index (χ0) is 20.9. The number of rotatable bonds is 7. The van der Waals surface area contributed by atoms with Gasteiger partial charge in [0.05, 0.1) is 17.6 Å². The fraction of sp³-hybridized carbons (Fsp3) is 0.364. The Morgan fingerprint density at radius 1 is 1.17 bits per heavy atom. The van der Waals surface area contributed by atoms with Crippen LogP contribution in [-0.2, 0) is 5.75 Å². The van der Waals surface area contributed by atoms with E-state index in [0.29, 0.717) is 37.2 Å². The third-order valence-electron chi connectivity index (χ3n) is 5.31. The Labute approximate surface area is 178 Å². The van der Waals surface area contributed by atoms with Crippen molar-refractivity contribution in [3.8, 4) is 0 Å². The number of para-hydroxylation sites is 2. The van der Waals surface area contributed by atoms with Gasteiger partial charge in [-0.15, -0.1) is 0 Å². The molecule has 0 bridgehead atoms. The molecule has 8 heteroatoms. The second-order valence-corrected chi connectivity index (χ2v) is 8.41. The van der Waals surface area contributed by atoms with Gasteiger partial charge in [-0.1, -0.05) is 42.1 Å². The number of alkyl halides is 2. The number of nitrogens with one attached hydrogen (secondary N) is 2. The molecule has 0 spiro atoms. The van der Waals surface area contributed by atoms with Crippen molar-refractivity contribution in [3.05, 3.63) is 59.7 Å². The Morgan fingerprint density at radius 3 is 2.67 bits per heavy atom. The highest BCUT2D eigenvalue weighted by molar-refractivity contribution is 7.98. The zero-order valence-electron chi connectivity index (χ0n) is 16.5. The van der Waals surface area contributed by atoms with E-state index in [1.165, 1.54) is 0 Å². The predicted octanol–water partition coefficient (Wildman–Crippen LogP) is 4.31. The van der Waals surface area contributed by atoms with E-state index in [9.17, 15) is 13.6 Å². The molecular weight excluding hydrogens is 406 g/mol. The zero-order valence-corrected chi connectivity index (χ0v) is 17.3. The number of imidazole rings is 1. The molecule has 0 saturated carbocycles. The molecule has 0 aliphatic carbocycles. The number of H-pyrrole nitrogens is 1. The van der Waals surface area contributed by atoms with Crippen LogP contribution in [0.5, 0.6) is 0 Å². The number of amides is 1. The van der Waals surface area contributed by atoms with Crippen LogP contribution in [0, 0.1) is 0 Å². The van der Waals surface area contributed by atoms with E-state index in [2.05, 4.69) is 15.3 Å². The minimum atomic E-state index is -2.31. The van der Waals surface area contributed by atoms with Gasteiger partial charge in [-0.2, -0.15) is 0 Å². The predicted molar refractivity (Wildman–Crippen MR) is 115 cm³/mol. The Kier molecular flexibility index (Phi) is 6.64. The van der Waals surface area contributed by atoms with E-state index >= 15 is 0 Å². The third-order valence-corrected chi connectivity index (χ3v) is 6.24. The van der Waals surface area contributed by atoms with Crippen molar-refractivity contribution in [1.82, 2.24) is 20.2 Å². The molecule has 2 aromatic carbocycles. The van der Waals surface area contributed by atoms with Crippen molar-refractivity contribution in [2.24, 2.45) is 0 Å². The molecule has 1 fully saturated rings. The van der Waals surface area contributed by atoms with Crippen LogP contribution in [-0.4, -0.2) is 52.9 Å². The molecule has 1 aliphatic rings. The first kappa shape index (κ1) is 20.8. The molecule has 4 rings (SSSR count). The van der Waals surface area contributed by atoms with E-state index in [4.69, 9.17) is 0 Å². The Hall–Kier alpha value is -2.45. The number of thioether (sulfide) groups is 1. The summed E-state index contributed by atoms with van der Waals surface area (Å²) in [5.41, 5.74) is 3.50. The lowest BCUT2D eigenvalue weighted by molar-refractivity contribution is 0.0696. The molecule has 30 heavy (non-hydrogen) atoms. The Morgan fingerprint density at radius 2 is 1.90 bits per heavy atom. The molecule has 1 aliphatic heterocycles. The van der Waals surface area contributed by atoms with Gasteiger partial charge in [-0.05, 0) is 36.6 Å². The molecule has 5 nitrogen and oxygen atoms in total. The monoisotopic (exact) mass is 430 g/mol. The van der Waals surface area contributed by atoms with Crippen LogP contribution >= 0.6 is 11.8 Å². The van der Waals surface area contributed by atoms with Gasteiger partial charge in [0.2, 0.25) is 0 Å². The average Bonchev–Trinajstić information content (AvgIpc) is 3.16. The number of carbonyl (C=O) groups excluding carboxylic acids is 1. The second kappa shape index (κ2) is 9.57. The Balaban J connectivity index is 1.36. The minimum Gasteiger partial charge on any atom is -0.349 e. The van der Waals surface area contributed by atoms with Crippen molar-refractivity contribution in [3.63, 3.8) is 0 Å². The van der Waals surface area contributed by atoms with Crippen molar-refractivity contribution in [2.75, 3.05) is 19.6 Å². The van der Waals surface area contributed by atoms with Gasteiger partial charge in [0, 0.05) is 30.4 Å². The van der Waals surface area contributed by atoms with Crippen LogP contribution in [0.25, 0.3) is 11.0 Å². The number of aromatic amines is 1. The van der Waals surface area contributed by atoms with Crippen molar-refractivity contribution >= 4 is 28.7 Å².